The van der Waals surface area contributed by atoms with E-state index in [0.717, 1.165) is 16.5 Å². The van der Waals surface area contributed by atoms with Crippen LogP contribution in [0.1, 0.15) is 17.9 Å². The van der Waals surface area contributed by atoms with E-state index < -0.39 is 0 Å². The molecule has 2 aromatic carbocycles. The number of aromatic nitrogens is 3. The minimum absolute atomic E-state index is 0.0213. The first-order valence-corrected chi connectivity index (χ1v) is 11.2. The first-order chi connectivity index (χ1) is 16.5. The Bertz CT molecular complexity index is 1410. The molecule has 0 radical (unpaired) electrons. The van der Waals surface area contributed by atoms with Crippen LogP contribution >= 0.6 is 0 Å². The zero-order valence-electron chi connectivity index (χ0n) is 18.8. The minimum Gasteiger partial charge on any atom is -0.366 e. The molecule has 9 heteroatoms. The molecule has 1 amide bonds. The molecule has 1 fully saturated rings. The third kappa shape index (κ3) is 4.41. The van der Waals surface area contributed by atoms with Gasteiger partial charge in [-0.2, -0.15) is 4.98 Å². The average molecular weight is 461 g/mol. The standard InChI is InChI=1S/C25H24FN5O3/c1-16-6-7-20-17(14-16)15-18(25(33)27-20)24-28-22(34-29-24)8-9-23(32)31-12-10-30(11-13-31)21-5-3-2-4-19(21)26/h2-7,14-15H,8-13H2,1H3,(H,27,33). The quantitative estimate of drug-likeness (QED) is 0.490. The zero-order chi connectivity index (χ0) is 23.7. The second kappa shape index (κ2) is 9.09. The predicted molar refractivity (Wildman–Crippen MR) is 126 cm³/mol. The van der Waals surface area contributed by atoms with Crippen molar-refractivity contribution in [2.24, 2.45) is 0 Å². The molecular formula is C25H24FN5O3. The van der Waals surface area contributed by atoms with Gasteiger partial charge in [-0.1, -0.05) is 28.9 Å². The fraction of sp³-hybridized carbons (Fsp3) is 0.280. The van der Waals surface area contributed by atoms with Crippen molar-refractivity contribution < 1.29 is 13.7 Å². The van der Waals surface area contributed by atoms with Gasteiger partial charge in [0.25, 0.3) is 5.56 Å². The molecule has 0 spiro atoms. The fourth-order valence-corrected chi connectivity index (χ4v) is 4.23. The van der Waals surface area contributed by atoms with E-state index in [1.165, 1.54) is 6.07 Å². The molecule has 8 nitrogen and oxygen atoms in total. The monoisotopic (exact) mass is 461 g/mol. The highest BCUT2D eigenvalue weighted by Crippen LogP contribution is 2.21. The first-order valence-electron chi connectivity index (χ1n) is 11.2. The summed E-state index contributed by atoms with van der Waals surface area (Å²) in [5, 5.41) is 4.83. The number of rotatable bonds is 5. The Kier molecular flexibility index (Phi) is 5.83. The van der Waals surface area contributed by atoms with Crippen LogP contribution in [0.2, 0.25) is 0 Å². The number of fused-ring (bicyclic) bond motifs is 1. The Hall–Kier alpha value is -4.01. The first kappa shape index (κ1) is 21.8. The van der Waals surface area contributed by atoms with Gasteiger partial charge < -0.3 is 19.3 Å². The van der Waals surface area contributed by atoms with E-state index in [1.807, 2.05) is 30.0 Å². The Morgan fingerprint density at radius 2 is 1.91 bits per heavy atom. The summed E-state index contributed by atoms with van der Waals surface area (Å²) >= 11 is 0. The molecule has 0 saturated carbocycles. The van der Waals surface area contributed by atoms with E-state index >= 15 is 0 Å². The molecule has 174 valence electrons. The fourth-order valence-electron chi connectivity index (χ4n) is 4.23. The van der Waals surface area contributed by atoms with Crippen molar-refractivity contribution in [3.05, 3.63) is 76.2 Å². The van der Waals surface area contributed by atoms with Crippen LogP contribution in [-0.2, 0) is 11.2 Å². The lowest BCUT2D eigenvalue weighted by atomic mass is 10.1. The van der Waals surface area contributed by atoms with Crippen LogP contribution in [0.4, 0.5) is 10.1 Å². The average Bonchev–Trinajstić information content (AvgIpc) is 3.31. The van der Waals surface area contributed by atoms with Crippen molar-refractivity contribution in [3.8, 4) is 11.4 Å². The summed E-state index contributed by atoms with van der Waals surface area (Å²) in [6, 6.07) is 14.2. The van der Waals surface area contributed by atoms with Gasteiger partial charge in [0, 0.05) is 44.5 Å². The maximum atomic E-state index is 14.0. The number of piperazine rings is 1. The van der Waals surface area contributed by atoms with Crippen LogP contribution in [-0.4, -0.2) is 52.1 Å². The summed E-state index contributed by atoms with van der Waals surface area (Å²) < 4.78 is 19.3. The summed E-state index contributed by atoms with van der Waals surface area (Å²) in [6.07, 6.45) is 0.499. The van der Waals surface area contributed by atoms with E-state index in [0.29, 0.717) is 43.3 Å². The van der Waals surface area contributed by atoms with E-state index in [1.54, 1.807) is 29.2 Å². The molecule has 34 heavy (non-hydrogen) atoms. The zero-order valence-corrected chi connectivity index (χ0v) is 18.8. The number of H-pyrrole nitrogens is 1. The highest BCUT2D eigenvalue weighted by atomic mass is 19.1. The number of carbonyl (C=O) groups excluding carboxylic acids is 1. The summed E-state index contributed by atoms with van der Waals surface area (Å²) in [7, 11) is 0. The topological polar surface area (TPSA) is 95.3 Å². The maximum absolute atomic E-state index is 14.0. The summed E-state index contributed by atoms with van der Waals surface area (Å²) in [6.45, 7) is 4.17. The molecule has 1 aliphatic heterocycles. The molecule has 0 atom stereocenters. The maximum Gasteiger partial charge on any atom is 0.259 e. The number of anilines is 1. The Morgan fingerprint density at radius 3 is 2.71 bits per heavy atom. The van der Waals surface area contributed by atoms with E-state index in [9.17, 15) is 14.0 Å². The van der Waals surface area contributed by atoms with Crippen LogP contribution in [0, 0.1) is 12.7 Å². The number of aryl methyl sites for hydroxylation is 2. The number of aromatic amines is 1. The molecule has 2 aromatic heterocycles. The minimum atomic E-state index is -0.299. The largest absolute Gasteiger partial charge is 0.366 e. The van der Waals surface area contributed by atoms with Crippen molar-refractivity contribution in [1.29, 1.82) is 0 Å². The molecule has 1 N–H and O–H groups in total. The smallest absolute Gasteiger partial charge is 0.259 e. The number of nitrogens with one attached hydrogen (secondary N) is 1. The third-order valence-electron chi connectivity index (χ3n) is 6.09. The molecule has 4 aromatic rings. The number of benzene rings is 2. The molecule has 0 bridgehead atoms. The molecule has 0 aliphatic carbocycles. The molecular weight excluding hydrogens is 437 g/mol. The van der Waals surface area contributed by atoms with Crippen LogP contribution < -0.4 is 10.5 Å². The normalized spacial score (nSPS) is 14.1. The lowest BCUT2D eigenvalue weighted by molar-refractivity contribution is -0.131. The number of amides is 1. The van der Waals surface area contributed by atoms with Crippen molar-refractivity contribution >= 4 is 22.5 Å². The number of hydrogen-bond donors (Lipinski definition) is 1. The van der Waals surface area contributed by atoms with Crippen LogP contribution in [0.3, 0.4) is 0 Å². The van der Waals surface area contributed by atoms with Gasteiger partial charge in [0.05, 0.1) is 11.3 Å². The van der Waals surface area contributed by atoms with Gasteiger partial charge in [-0.3, -0.25) is 9.59 Å². The SMILES string of the molecule is Cc1ccc2[nH]c(=O)c(-c3noc(CCC(=O)N4CCN(c5ccccc5F)CC4)n3)cc2c1. The highest BCUT2D eigenvalue weighted by molar-refractivity contribution is 5.83. The number of nitrogens with zero attached hydrogens (tertiary/aromatic N) is 4. The van der Waals surface area contributed by atoms with Crippen molar-refractivity contribution in [1.82, 2.24) is 20.0 Å². The van der Waals surface area contributed by atoms with Crippen LogP contribution in [0.5, 0.6) is 0 Å². The van der Waals surface area contributed by atoms with Crippen molar-refractivity contribution in [2.75, 3.05) is 31.1 Å². The lowest BCUT2D eigenvalue weighted by Gasteiger charge is -2.36. The highest BCUT2D eigenvalue weighted by Gasteiger charge is 2.23. The Morgan fingerprint density at radius 1 is 1.12 bits per heavy atom. The summed E-state index contributed by atoms with van der Waals surface area (Å²) in [5.41, 5.74) is 2.40. The summed E-state index contributed by atoms with van der Waals surface area (Å²) in [4.78, 5) is 36.1. The van der Waals surface area contributed by atoms with Crippen LogP contribution in [0.15, 0.2) is 57.8 Å². The van der Waals surface area contributed by atoms with Gasteiger partial charge in [-0.15, -0.1) is 0 Å². The van der Waals surface area contributed by atoms with Gasteiger partial charge >= 0.3 is 0 Å². The van der Waals surface area contributed by atoms with Gasteiger partial charge in [-0.05, 0) is 42.6 Å². The van der Waals surface area contributed by atoms with Gasteiger partial charge in [0.15, 0.2) is 0 Å². The molecule has 0 unspecified atom stereocenters. The van der Waals surface area contributed by atoms with Crippen LogP contribution in [0.25, 0.3) is 22.3 Å². The van der Waals surface area contributed by atoms with Crippen molar-refractivity contribution in [2.45, 2.75) is 19.8 Å². The molecule has 3 heterocycles. The molecule has 1 aliphatic rings. The second-order valence-corrected chi connectivity index (χ2v) is 8.43. The van der Waals surface area contributed by atoms with Gasteiger partial charge in [0.2, 0.25) is 17.6 Å². The Labute approximate surface area is 195 Å². The molecule has 5 rings (SSSR count). The van der Waals surface area contributed by atoms with E-state index in [4.69, 9.17) is 4.52 Å². The third-order valence-corrected chi connectivity index (χ3v) is 6.09. The van der Waals surface area contributed by atoms with E-state index in [-0.39, 0.29) is 35.9 Å². The lowest BCUT2D eigenvalue weighted by Crippen LogP contribution is -2.49. The predicted octanol–water partition coefficient (Wildman–Crippen LogP) is 3.31. The number of halogens is 1. The summed E-state index contributed by atoms with van der Waals surface area (Å²) in [5.74, 6) is 0.226. The number of hydrogen-bond acceptors (Lipinski definition) is 6. The van der Waals surface area contributed by atoms with Gasteiger partial charge in [0.1, 0.15) is 5.82 Å². The second-order valence-electron chi connectivity index (χ2n) is 8.43. The Balaban J connectivity index is 1.20. The van der Waals surface area contributed by atoms with E-state index in [2.05, 4.69) is 15.1 Å². The molecule has 1 saturated heterocycles. The number of para-hydroxylation sites is 1. The number of carbonyl (C=O) groups is 1. The van der Waals surface area contributed by atoms with Gasteiger partial charge in [-0.25, -0.2) is 4.39 Å². The number of pyridine rings is 1. The van der Waals surface area contributed by atoms with Crippen molar-refractivity contribution in [3.63, 3.8) is 0 Å².